The Hall–Kier alpha value is -0.550. The molecule has 2 unspecified atom stereocenters. The molecule has 0 spiro atoms. The van der Waals surface area contributed by atoms with Crippen LogP contribution in [0.15, 0.2) is 0 Å². The Morgan fingerprint density at radius 3 is 2.20 bits per heavy atom. The van der Waals surface area contributed by atoms with Gasteiger partial charge in [0.15, 0.2) is 0 Å². The fourth-order valence-electron chi connectivity index (χ4n) is 0.826. The van der Waals surface area contributed by atoms with Gasteiger partial charge in [0.2, 0.25) is 0 Å². The molecule has 10 heavy (non-hydrogen) atoms. The van der Waals surface area contributed by atoms with Gasteiger partial charge < -0.3 is 4.74 Å². The van der Waals surface area contributed by atoms with E-state index in [2.05, 4.69) is 6.07 Å². The number of ether oxygens (including phenoxy) is 1. The molecule has 0 bridgehead atoms. The highest BCUT2D eigenvalue weighted by Crippen LogP contribution is 2.17. The van der Waals surface area contributed by atoms with Crippen molar-refractivity contribution in [2.24, 2.45) is 11.8 Å². The zero-order valence-corrected chi connectivity index (χ0v) is 6.92. The van der Waals surface area contributed by atoms with Crippen LogP contribution in [0.2, 0.25) is 0 Å². The van der Waals surface area contributed by atoms with Crippen LogP contribution in [0.3, 0.4) is 0 Å². The van der Waals surface area contributed by atoms with Crippen LogP contribution in [0.5, 0.6) is 0 Å². The molecule has 2 nitrogen and oxygen atoms in total. The van der Waals surface area contributed by atoms with Gasteiger partial charge in [-0.15, -0.1) is 0 Å². The first-order valence-electron chi connectivity index (χ1n) is 3.82. The minimum Gasteiger partial charge on any atom is -0.380 e. The lowest BCUT2D eigenvalue weighted by Crippen LogP contribution is -2.04. The maximum Gasteiger partial charge on any atom is 0.0744 e. The molecule has 58 valence electrons. The van der Waals surface area contributed by atoms with Crippen molar-refractivity contribution in [3.05, 3.63) is 0 Å². The summed E-state index contributed by atoms with van der Waals surface area (Å²) in [5, 5.41) is 8.41. The van der Waals surface area contributed by atoms with Gasteiger partial charge in [-0.1, -0.05) is 20.8 Å². The van der Waals surface area contributed by atoms with Crippen molar-refractivity contribution in [3.63, 3.8) is 0 Å². The largest absolute Gasteiger partial charge is 0.380 e. The monoisotopic (exact) mass is 141 g/mol. The molecule has 0 saturated carbocycles. The van der Waals surface area contributed by atoms with E-state index in [4.69, 9.17) is 10.00 Å². The summed E-state index contributed by atoms with van der Waals surface area (Å²) in [6.45, 7) is 7.44. The third-order valence-corrected chi connectivity index (χ3v) is 1.53. The molecule has 1 rings (SSSR count). The third kappa shape index (κ3) is 2.36. The Morgan fingerprint density at radius 2 is 2.00 bits per heavy atom. The van der Waals surface area contributed by atoms with Crippen LogP contribution < -0.4 is 0 Å². The number of hydrogen-bond acceptors (Lipinski definition) is 2. The smallest absolute Gasteiger partial charge is 0.0744 e. The first-order valence-corrected chi connectivity index (χ1v) is 3.82. The van der Waals surface area contributed by atoms with Crippen molar-refractivity contribution in [1.29, 1.82) is 5.26 Å². The number of nitriles is 1. The molecular weight excluding hydrogens is 126 g/mol. The standard InChI is InChI=1S/C6H9NO.C2H6/c1-5-3-8-4-6(5)2-7;1-2/h5-6H,3-4H2,1H3;1-2H3. The van der Waals surface area contributed by atoms with E-state index in [1.807, 2.05) is 20.8 Å². The predicted octanol–water partition coefficient (Wildman–Crippen LogP) is 1.82. The van der Waals surface area contributed by atoms with Crippen LogP contribution in [0, 0.1) is 23.2 Å². The second kappa shape index (κ2) is 5.25. The van der Waals surface area contributed by atoms with Gasteiger partial charge in [0, 0.05) is 0 Å². The zero-order chi connectivity index (χ0) is 7.98. The Labute approximate surface area is 62.8 Å². The number of hydrogen-bond donors (Lipinski definition) is 0. The van der Waals surface area contributed by atoms with Crippen LogP contribution in [-0.4, -0.2) is 13.2 Å². The highest BCUT2D eigenvalue weighted by molar-refractivity contribution is 4.89. The predicted molar refractivity (Wildman–Crippen MR) is 40.4 cm³/mol. The highest BCUT2D eigenvalue weighted by atomic mass is 16.5. The van der Waals surface area contributed by atoms with E-state index in [9.17, 15) is 0 Å². The Kier molecular flexibility index (Phi) is 4.96. The molecule has 0 aromatic heterocycles. The molecule has 1 fully saturated rings. The second-order valence-electron chi connectivity index (χ2n) is 2.25. The molecule has 0 aromatic rings. The van der Waals surface area contributed by atoms with E-state index < -0.39 is 0 Å². The summed E-state index contributed by atoms with van der Waals surface area (Å²) in [4.78, 5) is 0. The highest BCUT2D eigenvalue weighted by Gasteiger charge is 2.23. The summed E-state index contributed by atoms with van der Waals surface area (Å²) in [7, 11) is 0. The van der Waals surface area contributed by atoms with Gasteiger partial charge in [-0.25, -0.2) is 0 Å². The van der Waals surface area contributed by atoms with Crippen molar-refractivity contribution < 1.29 is 4.74 Å². The lowest BCUT2D eigenvalue weighted by molar-refractivity contribution is 0.185. The molecule has 1 aliphatic heterocycles. The van der Waals surface area contributed by atoms with Gasteiger partial charge in [0.25, 0.3) is 0 Å². The van der Waals surface area contributed by atoms with Crippen molar-refractivity contribution in [3.8, 4) is 6.07 Å². The molecule has 1 aliphatic rings. The fourth-order valence-corrected chi connectivity index (χ4v) is 0.826. The van der Waals surface area contributed by atoms with E-state index in [0.29, 0.717) is 12.5 Å². The Balaban J connectivity index is 0.000000371. The first kappa shape index (κ1) is 9.45. The van der Waals surface area contributed by atoms with E-state index in [0.717, 1.165) is 6.61 Å². The summed E-state index contributed by atoms with van der Waals surface area (Å²) in [5.41, 5.74) is 0. The maximum absolute atomic E-state index is 8.41. The topological polar surface area (TPSA) is 33.0 Å². The van der Waals surface area contributed by atoms with E-state index >= 15 is 0 Å². The summed E-state index contributed by atoms with van der Waals surface area (Å²) >= 11 is 0. The van der Waals surface area contributed by atoms with Gasteiger partial charge in [-0.2, -0.15) is 5.26 Å². The second-order valence-corrected chi connectivity index (χ2v) is 2.25. The summed E-state index contributed by atoms with van der Waals surface area (Å²) < 4.78 is 5.04. The minimum absolute atomic E-state index is 0.148. The van der Waals surface area contributed by atoms with Crippen molar-refractivity contribution in [2.45, 2.75) is 20.8 Å². The molecule has 2 atom stereocenters. The molecule has 0 radical (unpaired) electrons. The van der Waals surface area contributed by atoms with E-state index in [1.54, 1.807) is 0 Å². The first-order chi connectivity index (χ1) is 4.84. The van der Waals surface area contributed by atoms with Crippen LogP contribution in [0.1, 0.15) is 20.8 Å². The third-order valence-electron chi connectivity index (χ3n) is 1.53. The Morgan fingerprint density at radius 1 is 1.40 bits per heavy atom. The van der Waals surface area contributed by atoms with Crippen LogP contribution >= 0.6 is 0 Å². The van der Waals surface area contributed by atoms with E-state index in [-0.39, 0.29) is 5.92 Å². The van der Waals surface area contributed by atoms with E-state index in [1.165, 1.54) is 0 Å². The zero-order valence-electron chi connectivity index (χ0n) is 6.92. The average molecular weight is 141 g/mol. The molecule has 0 N–H and O–H groups in total. The summed E-state index contributed by atoms with van der Waals surface area (Å²) in [5.74, 6) is 0.593. The quantitative estimate of drug-likeness (QED) is 0.515. The van der Waals surface area contributed by atoms with Gasteiger partial charge in [-0.05, 0) is 5.92 Å². The molecule has 2 heteroatoms. The normalized spacial score (nSPS) is 30.2. The van der Waals surface area contributed by atoms with Gasteiger partial charge in [0.1, 0.15) is 0 Å². The van der Waals surface area contributed by atoms with Crippen molar-refractivity contribution >= 4 is 0 Å². The fraction of sp³-hybridized carbons (Fsp3) is 0.875. The van der Waals surface area contributed by atoms with Gasteiger partial charge in [-0.3, -0.25) is 0 Å². The van der Waals surface area contributed by atoms with Crippen molar-refractivity contribution in [2.75, 3.05) is 13.2 Å². The maximum atomic E-state index is 8.41. The Bertz CT molecular complexity index is 117. The molecule has 1 heterocycles. The summed E-state index contributed by atoms with van der Waals surface area (Å²) in [6.07, 6.45) is 0. The lowest BCUT2D eigenvalue weighted by Gasteiger charge is -1.98. The SMILES string of the molecule is CC.CC1COCC1C#N. The van der Waals surface area contributed by atoms with Crippen LogP contribution in [0.4, 0.5) is 0 Å². The number of nitrogens with zero attached hydrogens (tertiary/aromatic N) is 1. The molecule has 1 saturated heterocycles. The van der Waals surface area contributed by atoms with Gasteiger partial charge >= 0.3 is 0 Å². The summed E-state index contributed by atoms with van der Waals surface area (Å²) in [6, 6.07) is 2.19. The average Bonchev–Trinajstić information content (AvgIpc) is 2.39. The van der Waals surface area contributed by atoms with Gasteiger partial charge in [0.05, 0.1) is 25.2 Å². The minimum atomic E-state index is 0.148. The molecule has 0 amide bonds. The molecule has 0 aromatic carbocycles. The molecule has 0 aliphatic carbocycles. The molecular formula is C8H15NO. The van der Waals surface area contributed by atoms with Crippen LogP contribution in [0.25, 0.3) is 0 Å². The van der Waals surface area contributed by atoms with Crippen molar-refractivity contribution in [1.82, 2.24) is 0 Å². The number of rotatable bonds is 0. The van der Waals surface area contributed by atoms with Crippen LogP contribution in [-0.2, 0) is 4.74 Å². The lowest BCUT2D eigenvalue weighted by atomic mass is 10.0.